The smallest absolute Gasteiger partial charge is 0.276 e. The number of benzene rings is 1. The Hall–Kier alpha value is -2.02. The lowest BCUT2D eigenvalue weighted by molar-refractivity contribution is 0.102. The van der Waals surface area contributed by atoms with Gasteiger partial charge >= 0.3 is 0 Å². The maximum atomic E-state index is 12.1. The number of halogens is 3. The van der Waals surface area contributed by atoms with Gasteiger partial charge in [0.15, 0.2) is 5.82 Å². The predicted molar refractivity (Wildman–Crippen MR) is 89.3 cm³/mol. The summed E-state index contributed by atoms with van der Waals surface area (Å²) >= 11 is 18.1. The van der Waals surface area contributed by atoms with Gasteiger partial charge in [0.05, 0.1) is 17.8 Å². The average Bonchev–Trinajstić information content (AvgIpc) is 3.08. The molecule has 1 aromatic carbocycles. The summed E-state index contributed by atoms with van der Waals surface area (Å²) in [6.45, 7) is 0.431. The summed E-state index contributed by atoms with van der Waals surface area (Å²) in [5.41, 5.74) is 1.03. The molecular formula is C14H10Cl3N5O. The van der Waals surface area contributed by atoms with Crippen LogP contribution >= 0.6 is 34.8 Å². The molecule has 0 saturated heterocycles. The number of hydrogen-bond acceptors (Lipinski definition) is 3. The molecule has 0 aliphatic carbocycles. The first-order valence-corrected chi connectivity index (χ1v) is 7.64. The van der Waals surface area contributed by atoms with Gasteiger partial charge in [-0.3, -0.25) is 14.6 Å². The van der Waals surface area contributed by atoms with Gasteiger partial charge in [-0.05, 0) is 11.6 Å². The van der Waals surface area contributed by atoms with Crippen molar-refractivity contribution in [2.45, 2.75) is 6.54 Å². The number of nitrogens with one attached hydrogen (secondary N) is 2. The third kappa shape index (κ3) is 3.50. The molecule has 0 aliphatic rings. The number of carbonyl (C=O) groups excluding carboxylic acids is 1. The van der Waals surface area contributed by atoms with E-state index in [-0.39, 0.29) is 16.5 Å². The summed E-state index contributed by atoms with van der Waals surface area (Å²) in [6, 6.07) is 7.42. The number of anilines is 1. The Morgan fingerprint density at radius 3 is 2.65 bits per heavy atom. The fraction of sp³-hybridized carbons (Fsp3) is 0.0714. The molecule has 1 amide bonds. The number of rotatable bonds is 4. The second kappa shape index (κ2) is 6.62. The summed E-state index contributed by atoms with van der Waals surface area (Å²) in [4.78, 5) is 12.1. The molecule has 0 radical (unpaired) electrons. The molecule has 118 valence electrons. The number of amides is 1. The third-order valence-electron chi connectivity index (χ3n) is 3.06. The van der Waals surface area contributed by atoms with E-state index in [1.807, 2.05) is 18.2 Å². The number of H-pyrrole nitrogens is 1. The van der Waals surface area contributed by atoms with Crippen molar-refractivity contribution < 1.29 is 4.79 Å². The van der Waals surface area contributed by atoms with Crippen molar-refractivity contribution in [2.24, 2.45) is 0 Å². The zero-order valence-electron chi connectivity index (χ0n) is 11.6. The number of nitrogens with zero attached hydrogens (tertiary/aromatic N) is 3. The van der Waals surface area contributed by atoms with E-state index in [9.17, 15) is 4.79 Å². The molecule has 0 unspecified atom stereocenters. The highest BCUT2D eigenvalue weighted by molar-refractivity contribution is 6.35. The van der Waals surface area contributed by atoms with E-state index >= 15 is 0 Å². The van der Waals surface area contributed by atoms with Gasteiger partial charge in [0.1, 0.15) is 10.7 Å². The first-order valence-electron chi connectivity index (χ1n) is 6.51. The van der Waals surface area contributed by atoms with Crippen molar-refractivity contribution in [3.63, 3.8) is 0 Å². The van der Waals surface area contributed by atoms with Gasteiger partial charge in [-0.15, -0.1) is 0 Å². The summed E-state index contributed by atoms with van der Waals surface area (Å²) in [7, 11) is 0. The van der Waals surface area contributed by atoms with E-state index < -0.39 is 5.91 Å². The highest BCUT2D eigenvalue weighted by atomic mass is 35.5. The van der Waals surface area contributed by atoms with Crippen LogP contribution in [0.4, 0.5) is 5.82 Å². The quantitative estimate of drug-likeness (QED) is 0.732. The molecule has 0 bridgehead atoms. The van der Waals surface area contributed by atoms with Gasteiger partial charge in [-0.2, -0.15) is 10.2 Å². The van der Waals surface area contributed by atoms with Gasteiger partial charge in [0.2, 0.25) is 0 Å². The van der Waals surface area contributed by atoms with Crippen LogP contribution in [0.1, 0.15) is 16.1 Å². The number of hydrogen-bond donors (Lipinski definition) is 2. The Balaban J connectivity index is 1.78. The van der Waals surface area contributed by atoms with Crippen molar-refractivity contribution in [1.82, 2.24) is 20.0 Å². The third-order valence-corrected chi connectivity index (χ3v) is 3.99. The molecule has 2 aromatic heterocycles. The molecule has 2 N–H and O–H groups in total. The lowest BCUT2D eigenvalue weighted by atomic mass is 10.2. The fourth-order valence-electron chi connectivity index (χ4n) is 1.96. The van der Waals surface area contributed by atoms with E-state index in [4.69, 9.17) is 34.8 Å². The SMILES string of the molecule is O=C(Nc1nn(Cc2ccccc2Cl)cc1Cl)c1[nH]ncc1Cl. The van der Waals surface area contributed by atoms with Crippen LogP contribution in [0.2, 0.25) is 15.1 Å². The van der Waals surface area contributed by atoms with Crippen molar-refractivity contribution in [3.8, 4) is 0 Å². The molecule has 9 heteroatoms. The maximum absolute atomic E-state index is 12.1. The zero-order valence-corrected chi connectivity index (χ0v) is 13.8. The van der Waals surface area contributed by atoms with Gasteiger partial charge < -0.3 is 5.32 Å². The maximum Gasteiger partial charge on any atom is 0.276 e. The first-order chi connectivity index (χ1) is 11.0. The van der Waals surface area contributed by atoms with Gasteiger partial charge in [0, 0.05) is 11.2 Å². The van der Waals surface area contributed by atoms with Crippen LogP contribution < -0.4 is 5.32 Å². The standard InChI is InChI=1S/C14H10Cl3N5O/c15-9-4-2-1-3-8(9)6-22-7-11(17)13(21-22)19-14(23)12-10(16)5-18-20-12/h1-5,7H,6H2,(H,18,20)(H,19,21,23). The number of carbonyl (C=O) groups is 1. The van der Waals surface area contributed by atoms with E-state index in [2.05, 4.69) is 20.6 Å². The van der Waals surface area contributed by atoms with Gasteiger partial charge in [0.25, 0.3) is 5.91 Å². The van der Waals surface area contributed by atoms with Crippen molar-refractivity contribution in [1.29, 1.82) is 0 Å². The lowest BCUT2D eigenvalue weighted by Gasteiger charge is -2.04. The molecule has 0 aliphatic heterocycles. The lowest BCUT2D eigenvalue weighted by Crippen LogP contribution is -2.14. The summed E-state index contributed by atoms with van der Waals surface area (Å²) in [5.74, 6) is -0.244. The molecule has 3 rings (SSSR count). The topological polar surface area (TPSA) is 75.6 Å². The van der Waals surface area contributed by atoms with E-state index in [1.165, 1.54) is 6.20 Å². The minimum absolute atomic E-state index is 0.142. The van der Waals surface area contributed by atoms with Gasteiger partial charge in [-0.25, -0.2) is 0 Å². The van der Waals surface area contributed by atoms with Gasteiger partial charge in [-0.1, -0.05) is 53.0 Å². The largest absolute Gasteiger partial charge is 0.302 e. The van der Waals surface area contributed by atoms with Crippen molar-refractivity contribution in [2.75, 3.05) is 5.32 Å². The second-order valence-corrected chi connectivity index (χ2v) is 5.88. The number of aromatic nitrogens is 4. The first kappa shape index (κ1) is 15.9. The monoisotopic (exact) mass is 369 g/mol. The van der Waals surface area contributed by atoms with Crippen molar-refractivity contribution >= 4 is 46.5 Å². The van der Waals surface area contributed by atoms with E-state index in [0.29, 0.717) is 16.6 Å². The second-order valence-electron chi connectivity index (χ2n) is 4.66. The Morgan fingerprint density at radius 2 is 1.96 bits per heavy atom. The predicted octanol–water partition coefficient (Wildman–Crippen LogP) is 3.87. The Kier molecular flexibility index (Phi) is 4.56. The highest BCUT2D eigenvalue weighted by Crippen LogP contribution is 2.23. The number of aromatic amines is 1. The van der Waals surface area contributed by atoms with Crippen molar-refractivity contribution in [3.05, 3.63) is 63.0 Å². The van der Waals surface area contributed by atoms with Crippen LogP contribution in [-0.2, 0) is 6.54 Å². The van der Waals surface area contributed by atoms with E-state index in [0.717, 1.165) is 5.56 Å². The normalized spacial score (nSPS) is 10.7. The van der Waals surface area contributed by atoms with Crippen LogP contribution in [0.3, 0.4) is 0 Å². The van der Waals surface area contributed by atoms with Crippen LogP contribution in [0.25, 0.3) is 0 Å². The van der Waals surface area contributed by atoms with E-state index in [1.54, 1.807) is 16.9 Å². The fourth-order valence-corrected chi connectivity index (χ4v) is 2.53. The highest BCUT2D eigenvalue weighted by Gasteiger charge is 2.16. The van der Waals surface area contributed by atoms with Crippen LogP contribution in [0.15, 0.2) is 36.7 Å². The molecule has 6 nitrogen and oxygen atoms in total. The summed E-state index contributed by atoms with van der Waals surface area (Å²) in [5, 5.41) is 14.2. The summed E-state index contributed by atoms with van der Waals surface area (Å²) in [6.07, 6.45) is 2.95. The molecule has 0 atom stereocenters. The molecule has 0 saturated carbocycles. The Morgan fingerprint density at radius 1 is 1.17 bits per heavy atom. The molecular weight excluding hydrogens is 361 g/mol. The van der Waals surface area contributed by atoms with Crippen LogP contribution in [-0.4, -0.2) is 25.9 Å². The molecule has 3 aromatic rings. The molecule has 0 spiro atoms. The molecule has 0 fully saturated rings. The Bertz CT molecular complexity index is 858. The average molecular weight is 371 g/mol. The summed E-state index contributed by atoms with van der Waals surface area (Å²) < 4.78 is 1.59. The molecule has 2 heterocycles. The van der Waals surface area contributed by atoms with Crippen LogP contribution in [0, 0.1) is 0 Å². The molecule has 23 heavy (non-hydrogen) atoms. The minimum atomic E-state index is -0.475. The minimum Gasteiger partial charge on any atom is -0.302 e. The van der Waals surface area contributed by atoms with Crippen LogP contribution in [0.5, 0.6) is 0 Å². The zero-order chi connectivity index (χ0) is 16.4. The Labute approximate surface area is 146 Å².